The minimum Gasteiger partial charge on any atom is -0.326 e. The minimum atomic E-state index is 0.157. The fraction of sp³-hybridized carbons (Fsp3) is 0.278. The quantitative estimate of drug-likeness (QED) is 0.878. The van der Waals surface area contributed by atoms with Gasteiger partial charge in [0.15, 0.2) is 0 Å². The molecule has 2 nitrogen and oxygen atoms in total. The normalized spacial score (nSPS) is 14.0. The molecule has 1 amide bonds. The first kappa shape index (κ1) is 14.2. The van der Waals surface area contributed by atoms with E-state index in [1.54, 1.807) is 11.8 Å². The van der Waals surface area contributed by atoms with Crippen LogP contribution < -0.4 is 5.32 Å². The van der Waals surface area contributed by atoms with E-state index < -0.39 is 0 Å². The maximum Gasteiger partial charge on any atom is 0.227 e. The summed E-state index contributed by atoms with van der Waals surface area (Å²) in [6.45, 7) is 4.24. The first-order valence-electron chi connectivity index (χ1n) is 7.28. The van der Waals surface area contributed by atoms with Gasteiger partial charge in [-0.05, 0) is 68.1 Å². The monoisotopic (exact) mass is 297 g/mol. The van der Waals surface area contributed by atoms with Crippen molar-refractivity contribution in [3.8, 4) is 0 Å². The lowest BCUT2D eigenvalue weighted by molar-refractivity contribution is -0.117. The van der Waals surface area contributed by atoms with Gasteiger partial charge in [-0.3, -0.25) is 4.79 Å². The number of aryl methyl sites for hydroxylation is 2. The summed E-state index contributed by atoms with van der Waals surface area (Å²) in [5.74, 6) is 0.402. The molecule has 0 radical (unpaired) electrons. The van der Waals surface area contributed by atoms with Gasteiger partial charge in [0.1, 0.15) is 0 Å². The molecule has 1 aliphatic rings. The molecule has 3 rings (SSSR count). The molecule has 0 atom stereocenters. The highest BCUT2D eigenvalue weighted by molar-refractivity contribution is 7.99. The molecule has 0 unspecified atom stereocenters. The van der Waals surface area contributed by atoms with Crippen LogP contribution in [0.1, 0.15) is 24.0 Å². The van der Waals surface area contributed by atoms with E-state index in [0.29, 0.717) is 0 Å². The molecule has 21 heavy (non-hydrogen) atoms. The number of amides is 1. The van der Waals surface area contributed by atoms with Crippen molar-refractivity contribution in [3.05, 3.63) is 53.6 Å². The molecular formula is C18H19NOS. The first-order chi connectivity index (χ1) is 10.1. The highest BCUT2D eigenvalue weighted by Crippen LogP contribution is 2.33. The number of nitrogens with one attached hydrogen (secondary N) is 1. The van der Waals surface area contributed by atoms with Crippen molar-refractivity contribution in [2.75, 3.05) is 5.32 Å². The molecule has 0 saturated heterocycles. The second-order valence-corrected chi connectivity index (χ2v) is 6.77. The third-order valence-corrected chi connectivity index (χ3v) is 4.81. The number of hydrogen-bond donors (Lipinski definition) is 1. The lowest BCUT2D eigenvalue weighted by Gasteiger charge is -2.08. The van der Waals surface area contributed by atoms with Gasteiger partial charge in [0.2, 0.25) is 5.91 Å². The van der Waals surface area contributed by atoms with Gasteiger partial charge in [-0.25, -0.2) is 0 Å². The number of hydrogen-bond acceptors (Lipinski definition) is 2. The summed E-state index contributed by atoms with van der Waals surface area (Å²) in [6, 6.07) is 14.6. The Bertz CT molecular complexity index is 659. The second kappa shape index (κ2) is 5.94. The van der Waals surface area contributed by atoms with Gasteiger partial charge < -0.3 is 5.32 Å². The van der Waals surface area contributed by atoms with E-state index in [9.17, 15) is 4.79 Å². The van der Waals surface area contributed by atoms with Gasteiger partial charge in [-0.2, -0.15) is 0 Å². The van der Waals surface area contributed by atoms with Gasteiger partial charge >= 0.3 is 0 Å². The minimum absolute atomic E-state index is 0.157. The SMILES string of the molecule is Cc1ccc(C)c(Sc2ccc(NC(=O)C3CC3)cc2)c1. The van der Waals surface area contributed by atoms with Crippen molar-refractivity contribution in [3.63, 3.8) is 0 Å². The molecule has 0 spiro atoms. The molecule has 1 fully saturated rings. The van der Waals surface area contributed by atoms with Crippen LogP contribution in [0.5, 0.6) is 0 Å². The molecule has 108 valence electrons. The van der Waals surface area contributed by atoms with Crippen molar-refractivity contribution in [1.82, 2.24) is 0 Å². The zero-order valence-electron chi connectivity index (χ0n) is 12.3. The van der Waals surface area contributed by atoms with Gasteiger partial charge in [0, 0.05) is 21.4 Å². The Morgan fingerprint density at radius 2 is 1.81 bits per heavy atom. The fourth-order valence-electron chi connectivity index (χ4n) is 2.14. The van der Waals surface area contributed by atoms with E-state index in [1.807, 2.05) is 12.1 Å². The maximum atomic E-state index is 11.7. The molecule has 2 aromatic carbocycles. The standard InChI is InChI=1S/C18H19NOS/c1-12-3-4-13(2)17(11-12)21-16-9-7-15(8-10-16)19-18(20)14-5-6-14/h3-4,7-11,14H,5-6H2,1-2H3,(H,19,20). The molecule has 1 N–H and O–H groups in total. The highest BCUT2D eigenvalue weighted by Gasteiger charge is 2.29. The molecule has 0 heterocycles. The summed E-state index contributed by atoms with van der Waals surface area (Å²) in [7, 11) is 0. The predicted octanol–water partition coefficient (Wildman–Crippen LogP) is 4.80. The summed E-state index contributed by atoms with van der Waals surface area (Å²) in [5.41, 5.74) is 3.45. The molecule has 2 aromatic rings. The molecule has 0 aliphatic heterocycles. The van der Waals surface area contributed by atoms with Gasteiger partial charge in [-0.1, -0.05) is 23.9 Å². The zero-order valence-corrected chi connectivity index (χ0v) is 13.2. The summed E-state index contributed by atoms with van der Waals surface area (Å²) >= 11 is 1.76. The molecular weight excluding hydrogens is 278 g/mol. The number of carbonyl (C=O) groups is 1. The Hall–Kier alpha value is -1.74. The smallest absolute Gasteiger partial charge is 0.227 e. The largest absolute Gasteiger partial charge is 0.326 e. The van der Waals surface area contributed by atoms with Crippen LogP contribution in [0.25, 0.3) is 0 Å². The van der Waals surface area contributed by atoms with Crippen LogP contribution in [0, 0.1) is 19.8 Å². The number of carbonyl (C=O) groups excluding carboxylic acids is 1. The molecule has 1 saturated carbocycles. The van der Waals surface area contributed by atoms with Crippen LogP contribution >= 0.6 is 11.8 Å². The molecule has 3 heteroatoms. The van der Waals surface area contributed by atoms with Crippen molar-refractivity contribution in [2.45, 2.75) is 36.5 Å². The lowest BCUT2D eigenvalue weighted by Crippen LogP contribution is -2.12. The number of rotatable bonds is 4. The second-order valence-electron chi connectivity index (χ2n) is 5.66. The molecule has 0 bridgehead atoms. The van der Waals surface area contributed by atoms with Gasteiger partial charge in [0.05, 0.1) is 0 Å². The van der Waals surface area contributed by atoms with Gasteiger partial charge in [0.25, 0.3) is 0 Å². The van der Waals surface area contributed by atoms with Crippen molar-refractivity contribution in [2.24, 2.45) is 5.92 Å². The summed E-state index contributed by atoms with van der Waals surface area (Å²) in [4.78, 5) is 14.2. The fourth-order valence-corrected chi connectivity index (χ4v) is 3.14. The van der Waals surface area contributed by atoms with E-state index >= 15 is 0 Å². The Labute approximate surface area is 130 Å². The number of benzene rings is 2. The van der Waals surface area contributed by atoms with Crippen LogP contribution in [0.2, 0.25) is 0 Å². The Morgan fingerprint density at radius 3 is 2.48 bits per heavy atom. The summed E-state index contributed by atoms with van der Waals surface area (Å²) in [5, 5.41) is 2.97. The van der Waals surface area contributed by atoms with E-state index in [1.165, 1.54) is 20.9 Å². The summed E-state index contributed by atoms with van der Waals surface area (Å²) < 4.78 is 0. The van der Waals surface area contributed by atoms with Crippen LogP contribution in [0.15, 0.2) is 52.3 Å². The van der Waals surface area contributed by atoms with E-state index in [2.05, 4.69) is 49.5 Å². The van der Waals surface area contributed by atoms with Crippen LogP contribution in [0.4, 0.5) is 5.69 Å². The van der Waals surface area contributed by atoms with Crippen molar-refractivity contribution >= 4 is 23.4 Å². The van der Waals surface area contributed by atoms with Gasteiger partial charge in [-0.15, -0.1) is 0 Å². The molecule has 1 aliphatic carbocycles. The third-order valence-electron chi connectivity index (χ3n) is 3.64. The van der Waals surface area contributed by atoms with Crippen LogP contribution in [0.3, 0.4) is 0 Å². The Morgan fingerprint density at radius 1 is 1.10 bits per heavy atom. The van der Waals surface area contributed by atoms with Crippen LogP contribution in [-0.2, 0) is 4.79 Å². The zero-order chi connectivity index (χ0) is 14.8. The Kier molecular flexibility index (Phi) is 4.02. The van der Waals surface area contributed by atoms with Crippen LogP contribution in [-0.4, -0.2) is 5.91 Å². The average Bonchev–Trinajstić information content (AvgIpc) is 3.29. The first-order valence-corrected chi connectivity index (χ1v) is 8.09. The summed E-state index contributed by atoms with van der Waals surface area (Å²) in [6.07, 6.45) is 2.07. The average molecular weight is 297 g/mol. The number of anilines is 1. The van der Waals surface area contributed by atoms with E-state index in [0.717, 1.165) is 18.5 Å². The van der Waals surface area contributed by atoms with Crippen molar-refractivity contribution < 1.29 is 4.79 Å². The maximum absolute atomic E-state index is 11.7. The predicted molar refractivity (Wildman–Crippen MR) is 87.8 cm³/mol. The third kappa shape index (κ3) is 3.67. The lowest BCUT2D eigenvalue weighted by atomic mass is 10.2. The van der Waals surface area contributed by atoms with E-state index in [4.69, 9.17) is 0 Å². The Balaban J connectivity index is 1.68. The topological polar surface area (TPSA) is 29.1 Å². The van der Waals surface area contributed by atoms with Crippen molar-refractivity contribution in [1.29, 1.82) is 0 Å². The highest BCUT2D eigenvalue weighted by atomic mass is 32.2. The van der Waals surface area contributed by atoms with E-state index in [-0.39, 0.29) is 11.8 Å². The molecule has 0 aromatic heterocycles.